The Morgan fingerprint density at radius 3 is 2.49 bits per heavy atom. The minimum atomic E-state index is -3.09. The average Bonchev–Trinajstić information content (AvgIpc) is 3.24. The van der Waals surface area contributed by atoms with Crippen molar-refractivity contribution in [2.24, 2.45) is 0 Å². The van der Waals surface area contributed by atoms with Crippen molar-refractivity contribution in [1.82, 2.24) is 30.2 Å². The van der Waals surface area contributed by atoms with E-state index in [1.165, 1.54) is 35.2 Å². The number of alkyl halides is 2. The van der Waals surface area contributed by atoms with Gasteiger partial charge in [-0.15, -0.1) is 0 Å². The van der Waals surface area contributed by atoms with Crippen LogP contribution in [0, 0.1) is 0 Å². The van der Waals surface area contributed by atoms with Gasteiger partial charge in [0.15, 0.2) is 0 Å². The highest BCUT2D eigenvalue weighted by Crippen LogP contribution is 2.37. The maximum atomic E-state index is 13.1. The number of aromatic nitrogens is 2. The number of benzene rings is 1. The van der Waals surface area contributed by atoms with E-state index in [-0.39, 0.29) is 45.7 Å². The Bertz CT molecular complexity index is 1170. The number of ether oxygens (including phenoxy) is 1. The van der Waals surface area contributed by atoms with Crippen molar-refractivity contribution in [2.75, 3.05) is 52.6 Å². The van der Waals surface area contributed by atoms with Gasteiger partial charge in [0, 0.05) is 57.1 Å². The average molecular weight is 538 g/mol. The Balaban J connectivity index is 2.02. The van der Waals surface area contributed by atoms with Gasteiger partial charge in [-0.3, -0.25) is 14.3 Å². The molecule has 13 heteroatoms. The number of anilines is 1. The van der Waals surface area contributed by atoms with Crippen LogP contribution in [0.3, 0.4) is 0 Å². The summed E-state index contributed by atoms with van der Waals surface area (Å²) in [5, 5.41) is 13.2. The van der Waals surface area contributed by atoms with Gasteiger partial charge in [-0.05, 0) is 25.2 Å². The van der Waals surface area contributed by atoms with Crippen LogP contribution in [0.4, 0.5) is 14.5 Å². The lowest BCUT2D eigenvalue weighted by atomic mass is 10.1. The highest BCUT2D eigenvalue weighted by Gasteiger charge is 2.24. The van der Waals surface area contributed by atoms with Crippen LogP contribution in [0.5, 0.6) is 5.75 Å². The van der Waals surface area contributed by atoms with E-state index in [4.69, 9.17) is 11.6 Å². The van der Waals surface area contributed by atoms with Crippen molar-refractivity contribution >= 4 is 29.1 Å². The summed E-state index contributed by atoms with van der Waals surface area (Å²) < 4.78 is 32.3. The Morgan fingerprint density at radius 2 is 1.89 bits per heavy atom. The second-order valence-corrected chi connectivity index (χ2v) is 8.68. The molecule has 37 heavy (non-hydrogen) atoms. The number of hydrogen-bond donors (Lipinski definition) is 3. The fraction of sp³-hybridized carbons (Fsp3) is 0.375. The van der Waals surface area contributed by atoms with Crippen molar-refractivity contribution in [3.05, 3.63) is 53.5 Å². The van der Waals surface area contributed by atoms with E-state index in [2.05, 4.69) is 37.3 Å². The summed E-state index contributed by atoms with van der Waals surface area (Å²) in [5.41, 5.74) is 0.605. The molecule has 0 saturated carbocycles. The van der Waals surface area contributed by atoms with E-state index in [1.54, 1.807) is 19.0 Å². The molecule has 1 aromatic carbocycles. The van der Waals surface area contributed by atoms with Crippen LogP contribution < -0.4 is 20.7 Å². The number of nitrogens with zero attached hydrogens (tertiary/aromatic N) is 4. The first kappa shape index (κ1) is 27.9. The first-order valence-electron chi connectivity index (χ1n) is 11.5. The lowest BCUT2D eigenvalue weighted by Gasteiger charge is -2.32. The summed E-state index contributed by atoms with van der Waals surface area (Å²) in [6.45, 7) is 3.15. The normalized spacial score (nSPS) is 13.8. The van der Waals surface area contributed by atoms with Gasteiger partial charge >= 0.3 is 6.61 Å². The molecule has 1 saturated heterocycles. The standard InChI is InChI=1S/C24H30ClF2N7O3/c1-5-16(22(28-2)29-3)23(36)30-18-13-34(14-20(35)33-10-8-32(4)9-11-33)31-21(18)17-12-15(25)6-7-19(17)37-24(26)27/h5-7,12-13,24,28-29H,1,8-11,14H2,2-4H3,(H,30,36). The van der Waals surface area contributed by atoms with Gasteiger partial charge in [-0.2, -0.15) is 13.9 Å². The van der Waals surface area contributed by atoms with Crippen LogP contribution in [-0.2, 0) is 16.1 Å². The summed E-state index contributed by atoms with van der Waals surface area (Å²) >= 11 is 6.15. The zero-order chi connectivity index (χ0) is 27.1. The van der Waals surface area contributed by atoms with Gasteiger partial charge in [0.2, 0.25) is 5.91 Å². The van der Waals surface area contributed by atoms with Crippen LogP contribution >= 0.6 is 11.6 Å². The van der Waals surface area contributed by atoms with Crippen molar-refractivity contribution < 1.29 is 23.1 Å². The van der Waals surface area contributed by atoms with Crippen molar-refractivity contribution in [3.63, 3.8) is 0 Å². The van der Waals surface area contributed by atoms with E-state index < -0.39 is 12.5 Å². The van der Waals surface area contributed by atoms with Gasteiger partial charge in [0.05, 0.1) is 11.3 Å². The maximum Gasteiger partial charge on any atom is 0.387 e. The molecule has 0 radical (unpaired) electrons. The molecule has 1 fully saturated rings. The number of piperazine rings is 1. The second-order valence-electron chi connectivity index (χ2n) is 8.24. The van der Waals surface area contributed by atoms with E-state index in [0.717, 1.165) is 13.1 Å². The van der Waals surface area contributed by atoms with E-state index >= 15 is 0 Å². The fourth-order valence-corrected chi connectivity index (χ4v) is 4.04. The number of carbonyl (C=O) groups excluding carboxylic acids is 2. The van der Waals surface area contributed by atoms with Crippen LogP contribution in [0.2, 0.25) is 5.02 Å². The topological polar surface area (TPSA) is 104 Å². The number of halogens is 3. The van der Waals surface area contributed by atoms with Crippen LogP contribution in [0.15, 0.2) is 48.4 Å². The van der Waals surface area contributed by atoms with Gasteiger partial charge in [0.25, 0.3) is 5.91 Å². The summed E-state index contributed by atoms with van der Waals surface area (Å²) in [5.74, 6) is -0.472. The predicted octanol–water partition coefficient (Wildman–Crippen LogP) is 2.35. The molecule has 0 bridgehead atoms. The lowest BCUT2D eigenvalue weighted by molar-refractivity contribution is -0.133. The van der Waals surface area contributed by atoms with Gasteiger partial charge in [-0.1, -0.05) is 24.3 Å². The van der Waals surface area contributed by atoms with Gasteiger partial charge in [0.1, 0.15) is 23.8 Å². The van der Waals surface area contributed by atoms with E-state index in [9.17, 15) is 18.4 Å². The van der Waals surface area contributed by atoms with Gasteiger partial charge in [-0.25, -0.2) is 0 Å². The predicted molar refractivity (Wildman–Crippen MR) is 137 cm³/mol. The SMILES string of the molecule is C=CC(C(=O)Nc1cn(CC(=O)N2CCN(C)CC2)nc1-c1cc(Cl)ccc1OC(F)F)=C(NC)NC. The molecular formula is C24H30ClF2N7O3. The number of rotatable bonds is 10. The third-order valence-corrected chi connectivity index (χ3v) is 6.03. The monoisotopic (exact) mass is 537 g/mol. The summed E-state index contributed by atoms with van der Waals surface area (Å²) in [6.07, 6.45) is 2.83. The number of amides is 2. The molecule has 3 rings (SSSR count). The van der Waals surface area contributed by atoms with Crippen LogP contribution in [0.25, 0.3) is 11.3 Å². The molecule has 200 valence electrons. The molecule has 3 N–H and O–H groups in total. The summed E-state index contributed by atoms with van der Waals surface area (Å²) in [6, 6.07) is 4.10. The summed E-state index contributed by atoms with van der Waals surface area (Å²) in [4.78, 5) is 29.9. The Labute approximate surface area is 218 Å². The molecular weight excluding hydrogens is 508 g/mol. The molecule has 2 amide bonds. The zero-order valence-electron chi connectivity index (χ0n) is 20.9. The molecule has 1 aliphatic heterocycles. The first-order chi connectivity index (χ1) is 17.7. The van der Waals surface area contributed by atoms with Crippen molar-refractivity contribution in [2.45, 2.75) is 13.2 Å². The lowest BCUT2D eigenvalue weighted by Crippen LogP contribution is -2.48. The minimum Gasteiger partial charge on any atom is -0.434 e. The molecule has 0 unspecified atom stereocenters. The third kappa shape index (κ3) is 6.98. The fourth-order valence-electron chi connectivity index (χ4n) is 3.87. The van der Waals surface area contributed by atoms with Crippen molar-refractivity contribution in [3.8, 4) is 17.0 Å². The molecule has 0 aliphatic carbocycles. The largest absolute Gasteiger partial charge is 0.434 e. The van der Waals surface area contributed by atoms with Crippen LogP contribution in [-0.4, -0.2) is 85.3 Å². The quantitative estimate of drug-likeness (QED) is 0.316. The number of hydrogen-bond acceptors (Lipinski definition) is 7. The highest BCUT2D eigenvalue weighted by atomic mass is 35.5. The van der Waals surface area contributed by atoms with Crippen molar-refractivity contribution in [1.29, 1.82) is 0 Å². The Hall–Kier alpha value is -3.64. The van der Waals surface area contributed by atoms with Crippen LogP contribution in [0.1, 0.15) is 0 Å². The maximum absolute atomic E-state index is 13.1. The second kappa shape index (κ2) is 12.5. The zero-order valence-corrected chi connectivity index (χ0v) is 21.6. The van der Waals surface area contributed by atoms with E-state index in [1.807, 2.05) is 7.05 Å². The molecule has 0 spiro atoms. The molecule has 10 nitrogen and oxygen atoms in total. The van der Waals surface area contributed by atoms with Gasteiger partial charge < -0.3 is 30.5 Å². The molecule has 2 aromatic rings. The highest BCUT2D eigenvalue weighted by molar-refractivity contribution is 6.31. The molecule has 1 aliphatic rings. The molecule has 0 atom stereocenters. The third-order valence-electron chi connectivity index (χ3n) is 5.79. The number of carbonyl (C=O) groups is 2. The summed E-state index contributed by atoms with van der Waals surface area (Å²) in [7, 11) is 5.26. The van der Waals surface area contributed by atoms with E-state index in [0.29, 0.717) is 18.9 Å². The molecule has 2 heterocycles. The smallest absolute Gasteiger partial charge is 0.387 e. The minimum absolute atomic E-state index is 0.108. The Morgan fingerprint density at radius 1 is 1.22 bits per heavy atom. The Kier molecular flexibility index (Phi) is 9.48. The number of nitrogens with one attached hydrogen (secondary N) is 3. The number of likely N-dealkylation sites (N-methyl/N-ethyl adjacent to an activating group) is 1. The molecule has 1 aromatic heterocycles. The first-order valence-corrected chi connectivity index (χ1v) is 11.9.